The summed E-state index contributed by atoms with van der Waals surface area (Å²) in [5, 5.41) is 23.2. The second kappa shape index (κ2) is 11.2. The minimum Gasteiger partial charge on any atom is -0.505 e. The molecule has 0 unspecified atom stereocenters. The Kier molecular flexibility index (Phi) is 7.96. The summed E-state index contributed by atoms with van der Waals surface area (Å²) < 4.78 is 39.5. The molecule has 0 fully saturated rings. The van der Waals surface area contributed by atoms with Crippen LogP contribution in [0, 0.1) is 0 Å². The van der Waals surface area contributed by atoms with Crippen LogP contribution in [0.5, 0.6) is 11.5 Å². The van der Waals surface area contributed by atoms with Crippen LogP contribution in [0.1, 0.15) is 29.8 Å². The summed E-state index contributed by atoms with van der Waals surface area (Å²) in [5.41, 5.74) is 0.394. The van der Waals surface area contributed by atoms with Gasteiger partial charge in [-0.05, 0) is 66.8 Å². The van der Waals surface area contributed by atoms with E-state index in [0.29, 0.717) is 28.8 Å². The van der Waals surface area contributed by atoms with Gasteiger partial charge in [-0.3, -0.25) is 9.35 Å². The lowest BCUT2D eigenvalue weighted by Gasteiger charge is -2.12. The number of phenolic OH excluding ortho intramolecular Hbond substituents is 1. The second-order valence-electron chi connectivity index (χ2n) is 8.16. The normalized spacial score (nSPS) is 11.7. The smallest absolute Gasteiger partial charge is 0.297 e. The third kappa shape index (κ3) is 5.62. The van der Waals surface area contributed by atoms with Crippen LogP contribution in [0.3, 0.4) is 0 Å². The number of halogens is 1. The van der Waals surface area contributed by atoms with Gasteiger partial charge in [-0.2, -0.15) is 8.42 Å². The number of azo groups is 1. The maximum atomic E-state index is 13.1. The molecule has 1 amide bonds. The number of phenols is 1. The average molecular weight is 554 g/mol. The van der Waals surface area contributed by atoms with E-state index in [9.17, 15) is 22.9 Å². The van der Waals surface area contributed by atoms with Crippen LogP contribution in [0.15, 0.2) is 81.9 Å². The van der Waals surface area contributed by atoms with Crippen LogP contribution in [0.2, 0.25) is 5.02 Å². The van der Waals surface area contributed by atoms with E-state index in [0.717, 1.165) is 0 Å². The maximum absolute atomic E-state index is 13.1. The number of nitrogens with zero attached hydrogens (tertiary/aromatic N) is 2. The Morgan fingerprint density at radius 1 is 1.03 bits per heavy atom. The zero-order valence-corrected chi connectivity index (χ0v) is 22.0. The third-order valence-electron chi connectivity index (χ3n) is 5.71. The van der Waals surface area contributed by atoms with Crippen molar-refractivity contribution >= 4 is 55.5 Å². The van der Waals surface area contributed by atoms with E-state index in [-0.39, 0.29) is 33.9 Å². The van der Waals surface area contributed by atoms with E-state index >= 15 is 0 Å². The molecule has 0 aliphatic rings. The molecule has 4 aromatic carbocycles. The molecule has 3 N–H and O–H groups in total. The van der Waals surface area contributed by atoms with Crippen LogP contribution in [-0.2, 0) is 16.5 Å². The van der Waals surface area contributed by atoms with Crippen molar-refractivity contribution in [3.05, 3.63) is 82.9 Å². The molecule has 0 bridgehead atoms. The Morgan fingerprint density at radius 3 is 2.39 bits per heavy atom. The summed E-state index contributed by atoms with van der Waals surface area (Å²) in [6.45, 7) is 4.06. The number of amides is 1. The van der Waals surface area contributed by atoms with Crippen molar-refractivity contribution in [2.24, 2.45) is 10.2 Å². The number of rotatable bonds is 8. The highest BCUT2D eigenvalue weighted by atomic mass is 35.5. The standard InChI is InChI=1S/C27H24ClN3O6S/c1-3-19-22(28)13-14-23(26(19)38(34,35)36)30-31-24-20-8-6-5-7-16(20)15-21(25(24)32)27(33)29-17-9-11-18(12-10-17)37-4-2/h5-15,32H,3-4H2,1-2H3,(H,29,33)(H,34,35,36). The van der Waals surface area contributed by atoms with Gasteiger partial charge < -0.3 is 15.2 Å². The van der Waals surface area contributed by atoms with Gasteiger partial charge in [0.05, 0.1) is 12.2 Å². The van der Waals surface area contributed by atoms with Crippen molar-refractivity contribution < 1.29 is 27.6 Å². The lowest BCUT2D eigenvalue weighted by Crippen LogP contribution is -2.12. The Hall–Kier alpha value is -3.99. The fourth-order valence-corrected chi connectivity index (χ4v) is 5.27. The Bertz CT molecular complexity index is 1650. The molecule has 0 spiro atoms. The number of anilines is 1. The summed E-state index contributed by atoms with van der Waals surface area (Å²) in [7, 11) is -4.69. The first kappa shape index (κ1) is 27.1. The molecule has 38 heavy (non-hydrogen) atoms. The number of aromatic hydroxyl groups is 1. The monoisotopic (exact) mass is 553 g/mol. The van der Waals surface area contributed by atoms with Gasteiger partial charge in [0, 0.05) is 16.1 Å². The summed E-state index contributed by atoms with van der Waals surface area (Å²) in [6.07, 6.45) is 0.215. The van der Waals surface area contributed by atoms with Crippen LogP contribution in [0.4, 0.5) is 17.1 Å². The van der Waals surface area contributed by atoms with Gasteiger partial charge >= 0.3 is 0 Å². The SMILES string of the molecule is CCOc1ccc(NC(=O)c2cc3ccccc3c(N=Nc3ccc(Cl)c(CC)c3S(=O)(=O)O)c2O)cc1. The van der Waals surface area contributed by atoms with Crippen LogP contribution >= 0.6 is 11.6 Å². The molecule has 4 rings (SSSR count). The molecular weight excluding hydrogens is 530 g/mol. The first-order valence-corrected chi connectivity index (χ1v) is 13.4. The number of hydrogen-bond acceptors (Lipinski definition) is 7. The van der Waals surface area contributed by atoms with Crippen molar-refractivity contribution in [3.63, 3.8) is 0 Å². The lowest BCUT2D eigenvalue weighted by molar-refractivity contribution is 0.102. The molecule has 0 aliphatic heterocycles. The van der Waals surface area contributed by atoms with E-state index in [4.69, 9.17) is 16.3 Å². The molecule has 0 radical (unpaired) electrons. The molecule has 0 heterocycles. The number of carbonyl (C=O) groups is 1. The number of ether oxygens (including phenoxy) is 1. The number of benzene rings is 4. The number of nitrogens with one attached hydrogen (secondary N) is 1. The predicted octanol–water partition coefficient (Wildman–Crippen LogP) is 7.07. The van der Waals surface area contributed by atoms with Crippen molar-refractivity contribution in [2.45, 2.75) is 25.2 Å². The number of carbonyl (C=O) groups excluding carboxylic acids is 1. The molecule has 4 aromatic rings. The summed E-state index contributed by atoms with van der Waals surface area (Å²) >= 11 is 6.14. The van der Waals surface area contributed by atoms with E-state index < -0.39 is 26.7 Å². The summed E-state index contributed by atoms with van der Waals surface area (Å²) in [5.74, 6) is -0.388. The zero-order valence-electron chi connectivity index (χ0n) is 20.5. The Labute approximate surface area is 224 Å². The molecule has 196 valence electrons. The van der Waals surface area contributed by atoms with Gasteiger partial charge in [0.15, 0.2) is 5.75 Å². The molecule has 0 saturated carbocycles. The van der Waals surface area contributed by atoms with Gasteiger partial charge in [0.2, 0.25) is 0 Å². The van der Waals surface area contributed by atoms with Crippen molar-refractivity contribution in [1.82, 2.24) is 0 Å². The van der Waals surface area contributed by atoms with Crippen molar-refractivity contribution in [3.8, 4) is 11.5 Å². The van der Waals surface area contributed by atoms with Crippen molar-refractivity contribution in [1.29, 1.82) is 0 Å². The summed E-state index contributed by atoms with van der Waals surface area (Å²) in [4.78, 5) is 12.7. The minimum atomic E-state index is -4.69. The zero-order chi connectivity index (χ0) is 27.4. The van der Waals surface area contributed by atoms with Gasteiger partial charge in [-0.25, -0.2) is 0 Å². The van der Waals surface area contributed by atoms with Crippen LogP contribution in [0.25, 0.3) is 10.8 Å². The molecule has 0 atom stereocenters. The highest BCUT2D eigenvalue weighted by Crippen LogP contribution is 2.41. The third-order valence-corrected chi connectivity index (χ3v) is 7.04. The minimum absolute atomic E-state index is 0.0470. The van der Waals surface area contributed by atoms with Gasteiger partial charge in [0.1, 0.15) is 22.0 Å². The lowest BCUT2D eigenvalue weighted by atomic mass is 10.0. The highest BCUT2D eigenvalue weighted by molar-refractivity contribution is 7.86. The predicted molar refractivity (Wildman–Crippen MR) is 146 cm³/mol. The van der Waals surface area contributed by atoms with Gasteiger partial charge in [-0.15, -0.1) is 10.2 Å². The molecule has 9 nitrogen and oxygen atoms in total. The van der Waals surface area contributed by atoms with E-state index in [2.05, 4.69) is 15.5 Å². The number of hydrogen-bond donors (Lipinski definition) is 3. The quantitative estimate of drug-likeness (QED) is 0.157. The largest absolute Gasteiger partial charge is 0.505 e. The van der Waals surface area contributed by atoms with E-state index in [1.165, 1.54) is 18.2 Å². The average Bonchev–Trinajstić information content (AvgIpc) is 2.89. The van der Waals surface area contributed by atoms with Gasteiger partial charge in [-0.1, -0.05) is 42.8 Å². The Balaban J connectivity index is 1.79. The molecular formula is C27H24ClN3O6S. The molecule has 0 aromatic heterocycles. The fourth-order valence-electron chi connectivity index (χ4n) is 3.98. The second-order valence-corrected chi connectivity index (χ2v) is 9.92. The first-order valence-electron chi connectivity index (χ1n) is 11.6. The fraction of sp³-hybridized carbons (Fsp3) is 0.148. The van der Waals surface area contributed by atoms with E-state index in [1.807, 2.05) is 6.92 Å². The maximum Gasteiger partial charge on any atom is 0.297 e. The molecule has 0 saturated heterocycles. The topological polar surface area (TPSA) is 138 Å². The van der Waals surface area contributed by atoms with E-state index in [1.54, 1.807) is 55.5 Å². The van der Waals surface area contributed by atoms with Crippen LogP contribution < -0.4 is 10.1 Å². The first-order chi connectivity index (χ1) is 18.1. The molecule has 11 heteroatoms. The molecule has 0 aliphatic carbocycles. The summed E-state index contributed by atoms with van der Waals surface area (Å²) in [6, 6.07) is 17.9. The van der Waals surface area contributed by atoms with Crippen molar-refractivity contribution in [2.75, 3.05) is 11.9 Å². The van der Waals surface area contributed by atoms with Gasteiger partial charge in [0.25, 0.3) is 16.0 Å². The highest BCUT2D eigenvalue weighted by Gasteiger charge is 2.23. The number of fused-ring (bicyclic) bond motifs is 1. The van der Waals surface area contributed by atoms with Crippen LogP contribution in [-0.4, -0.2) is 30.6 Å². The Morgan fingerprint density at radius 2 is 1.74 bits per heavy atom.